The van der Waals surface area contributed by atoms with E-state index >= 15 is 0 Å². The topological polar surface area (TPSA) is 43.1 Å². The zero-order valence-corrected chi connectivity index (χ0v) is 7.96. The molecule has 0 radical (unpaired) electrons. The molecule has 0 aliphatic carbocycles. The summed E-state index contributed by atoms with van der Waals surface area (Å²) in [4.78, 5) is 15.4. The van der Waals surface area contributed by atoms with E-state index in [2.05, 4.69) is 4.98 Å². The summed E-state index contributed by atoms with van der Waals surface area (Å²) in [7, 11) is 0. The van der Waals surface area contributed by atoms with Crippen molar-refractivity contribution in [3.8, 4) is 0 Å². The Bertz CT molecular complexity index is 458. The molecule has 2 heterocycles. The highest BCUT2D eigenvalue weighted by Gasteiger charge is 1.99. The van der Waals surface area contributed by atoms with Crippen LogP contribution in [0, 0.1) is 0 Å². The lowest BCUT2D eigenvalue weighted by atomic mass is 10.1. The highest BCUT2D eigenvalue weighted by Crippen LogP contribution is 2.05. The van der Waals surface area contributed by atoms with Gasteiger partial charge in [0.1, 0.15) is 5.76 Å². The van der Waals surface area contributed by atoms with Gasteiger partial charge < -0.3 is 4.42 Å². The first kappa shape index (κ1) is 9.40. The maximum atomic E-state index is 11.6. The number of rotatable bonds is 3. The number of carbonyl (C=O) groups excluding carboxylic acids is 1. The minimum absolute atomic E-state index is 0.0613. The molecular formula is C12H9NO2. The van der Waals surface area contributed by atoms with Crippen LogP contribution in [-0.4, -0.2) is 10.8 Å². The highest BCUT2D eigenvalue weighted by atomic mass is 16.3. The predicted octanol–water partition coefficient (Wildman–Crippen LogP) is 2.57. The Labute approximate surface area is 87.1 Å². The Hall–Kier alpha value is -2.16. The van der Waals surface area contributed by atoms with Gasteiger partial charge in [-0.2, -0.15) is 0 Å². The molecule has 0 atom stereocenters. The largest absolute Gasteiger partial charge is 0.465 e. The molecule has 0 aliphatic rings. The van der Waals surface area contributed by atoms with Crippen molar-refractivity contribution in [2.75, 3.05) is 0 Å². The number of pyridine rings is 1. The molecule has 2 aromatic rings. The van der Waals surface area contributed by atoms with Crippen LogP contribution in [0.3, 0.4) is 0 Å². The minimum atomic E-state index is -0.0613. The van der Waals surface area contributed by atoms with Crippen LogP contribution < -0.4 is 0 Å². The van der Waals surface area contributed by atoms with Crippen molar-refractivity contribution >= 4 is 11.9 Å². The molecule has 2 rings (SSSR count). The lowest BCUT2D eigenvalue weighted by molar-refractivity contribution is 0.104. The van der Waals surface area contributed by atoms with Gasteiger partial charge in [-0.15, -0.1) is 0 Å². The summed E-state index contributed by atoms with van der Waals surface area (Å²) in [5, 5.41) is 0. The molecule has 0 aromatic carbocycles. The first-order valence-corrected chi connectivity index (χ1v) is 4.52. The standard InChI is InChI=1S/C12H9NO2/c14-12(10-5-7-13-8-6-10)4-3-11-2-1-9-15-11/h1-9H/b4-3+. The van der Waals surface area contributed by atoms with Crippen molar-refractivity contribution in [2.45, 2.75) is 0 Å². The summed E-state index contributed by atoms with van der Waals surface area (Å²) in [6.07, 6.45) is 7.87. The van der Waals surface area contributed by atoms with Gasteiger partial charge in [-0.3, -0.25) is 9.78 Å². The van der Waals surface area contributed by atoms with Gasteiger partial charge in [-0.1, -0.05) is 0 Å². The Balaban J connectivity index is 2.11. The van der Waals surface area contributed by atoms with E-state index < -0.39 is 0 Å². The normalized spacial score (nSPS) is 10.7. The predicted molar refractivity (Wildman–Crippen MR) is 56.3 cm³/mol. The van der Waals surface area contributed by atoms with Gasteiger partial charge in [-0.05, 0) is 36.4 Å². The van der Waals surface area contributed by atoms with Crippen molar-refractivity contribution < 1.29 is 9.21 Å². The number of hydrogen-bond donors (Lipinski definition) is 0. The van der Waals surface area contributed by atoms with Gasteiger partial charge in [0.15, 0.2) is 5.78 Å². The molecule has 0 aliphatic heterocycles. The molecule has 0 N–H and O–H groups in total. The van der Waals surface area contributed by atoms with Gasteiger partial charge in [-0.25, -0.2) is 0 Å². The van der Waals surface area contributed by atoms with E-state index in [0.717, 1.165) is 0 Å². The van der Waals surface area contributed by atoms with Gasteiger partial charge in [0.05, 0.1) is 6.26 Å². The van der Waals surface area contributed by atoms with Crippen molar-refractivity contribution in [1.82, 2.24) is 4.98 Å². The van der Waals surface area contributed by atoms with E-state index in [1.165, 1.54) is 6.08 Å². The fraction of sp³-hybridized carbons (Fsp3) is 0. The first-order valence-electron chi connectivity index (χ1n) is 4.52. The van der Waals surface area contributed by atoms with E-state index in [1.807, 2.05) is 0 Å². The maximum absolute atomic E-state index is 11.6. The number of nitrogens with zero attached hydrogens (tertiary/aromatic N) is 1. The van der Waals surface area contributed by atoms with Crippen LogP contribution in [0.1, 0.15) is 16.1 Å². The van der Waals surface area contributed by atoms with Crippen molar-refractivity contribution in [1.29, 1.82) is 0 Å². The third-order valence-corrected chi connectivity index (χ3v) is 1.91. The van der Waals surface area contributed by atoms with Crippen LogP contribution >= 0.6 is 0 Å². The van der Waals surface area contributed by atoms with E-state index in [-0.39, 0.29) is 5.78 Å². The fourth-order valence-electron chi connectivity index (χ4n) is 1.16. The summed E-state index contributed by atoms with van der Waals surface area (Å²) >= 11 is 0. The van der Waals surface area contributed by atoms with Crippen LogP contribution in [0.15, 0.2) is 53.4 Å². The lowest BCUT2D eigenvalue weighted by Gasteiger charge is -1.92. The summed E-state index contributed by atoms with van der Waals surface area (Å²) in [6.45, 7) is 0. The number of ketones is 1. The van der Waals surface area contributed by atoms with E-state index in [9.17, 15) is 4.79 Å². The summed E-state index contributed by atoms with van der Waals surface area (Å²) in [5.41, 5.74) is 0.618. The molecule has 2 aromatic heterocycles. The summed E-state index contributed by atoms with van der Waals surface area (Å²) in [6, 6.07) is 6.91. The summed E-state index contributed by atoms with van der Waals surface area (Å²) in [5.74, 6) is 0.603. The van der Waals surface area contributed by atoms with Gasteiger partial charge in [0, 0.05) is 18.0 Å². The third kappa shape index (κ3) is 2.40. The fourth-order valence-corrected chi connectivity index (χ4v) is 1.16. The van der Waals surface area contributed by atoms with Crippen molar-refractivity contribution in [3.05, 3.63) is 60.3 Å². The zero-order valence-electron chi connectivity index (χ0n) is 7.96. The Kier molecular flexibility index (Phi) is 2.74. The lowest BCUT2D eigenvalue weighted by Crippen LogP contribution is -1.93. The second kappa shape index (κ2) is 4.37. The molecule has 0 bridgehead atoms. The molecule has 0 saturated carbocycles. The summed E-state index contributed by atoms with van der Waals surface area (Å²) < 4.78 is 5.07. The minimum Gasteiger partial charge on any atom is -0.465 e. The molecule has 0 spiro atoms. The number of aromatic nitrogens is 1. The SMILES string of the molecule is O=C(/C=C/c1ccco1)c1ccncc1. The van der Waals surface area contributed by atoms with E-state index in [0.29, 0.717) is 11.3 Å². The van der Waals surface area contributed by atoms with Crippen LogP contribution in [0.5, 0.6) is 0 Å². The van der Waals surface area contributed by atoms with Gasteiger partial charge >= 0.3 is 0 Å². The smallest absolute Gasteiger partial charge is 0.186 e. The Morgan fingerprint density at radius 2 is 2.07 bits per heavy atom. The number of hydrogen-bond acceptors (Lipinski definition) is 3. The molecule has 74 valence electrons. The Morgan fingerprint density at radius 1 is 1.27 bits per heavy atom. The van der Waals surface area contributed by atoms with Crippen molar-refractivity contribution in [2.24, 2.45) is 0 Å². The van der Waals surface area contributed by atoms with Gasteiger partial charge in [0.25, 0.3) is 0 Å². The second-order valence-corrected chi connectivity index (χ2v) is 2.95. The zero-order chi connectivity index (χ0) is 10.5. The molecule has 0 amide bonds. The number of furan rings is 1. The van der Waals surface area contributed by atoms with E-state index in [1.54, 1.807) is 49.0 Å². The molecule has 0 unspecified atom stereocenters. The molecule has 15 heavy (non-hydrogen) atoms. The van der Waals surface area contributed by atoms with Gasteiger partial charge in [0.2, 0.25) is 0 Å². The maximum Gasteiger partial charge on any atom is 0.186 e. The molecule has 0 fully saturated rings. The number of carbonyl (C=O) groups is 1. The highest BCUT2D eigenvalue weighted by molar-refractivity contribution is 6.06. The third-order valence-electron chi connectivity index (χ3n) is 1.91. The van der Waals surface area contributed by atoms with Crippen LogP contribution in [0.25, 0.3) is 6.08 Å². The molecule has 3 nitrogen and oxygen atoms in total. The molecule has 3 heteroatoms. The first-order chi connectivity index (χ1) is 7.36. The second-order valence-electron chi connectivity index (χ2n) is 2.95. The van der Waals surface area contributed by atoms with Crippen LogP contribution in [0.4, 0.5) is 0 Å². The van der Waals surface area contributed by atoms with Crippen LogP contribution in [-0.2, 0) is 0 Å². The number of allylic oxidation sites excluding steroid dienone is 1. The quantitative estimate of drug-likeness (QED) is 0.563. The van der Waals surface area contributed by atoms with Crippen molar-refractivity contribution in [3.63, 3.8) is 0 Å². The van der Waals surface area contributed by atoms with E-state index in [4.69, 9.17) is 4.42 Å². The van der Waals surface area contributed by atoms with Crippen LogP contribution in [0.2, 0.25) is 0 Å². The molecular weight excluding hydrogens is 190 g/mol. The average molecular weight is 199 g/mol. The average Bonchev–Trinajstić information content (AvgIpc) is 2.80. The monoisotopic (exact) mass is 199 g/mol. The molecule has 0 saturated heterocycles. The Morgan fingerprint density at radius 3 is 2.73 bits per heavy atom.